The van der Waals surface area contributed by atoms with Crippen LogP contribution in [0.3, 0.4) is 0 Å². The van der Waals surface area contributed by atoms with Crippen LogP contribution in [-0.2, 0) is 34.9 Å². The van der Waals surface area contributed by atoms with Gasteiger partial charge >= 0.3 is 18.1 Å². The first kappa shape index (κ1) is 38.0. The average Bonchev–Trinajstić information content (AvgIpc) is 3.40. The summed E-state index contributed by atoms with van der Waals surface area (Å²) in [5.74, 6) is -2.02. The molecule has 2 aromatic rings. The molecule has 0 spiro atoms. The van der Waals surface area contributed by atoms with Crippen molar-refractivity contribution in [1.82, 2.24) is 29.7 Å². The number of ether oxygens (including phenoxy) is 3. The van der Waals surface area contributed by atoms with Gasteiger partial charge in [-0.25, -0.2) is 25.1 Å². The quantitative estimate of drug-likeness (QED) is 0.177. The molecule has 0 saturated heterocycles. The van der Waals surface area contributed by atoms with Gasteiger partial charge in [0.15, 0.2) is 11.5 Å². The molecule has 0 aliphatic heterocycles. The van der Waals surface area contributed by atoms with E-state index in [1.54, 1.807) is 25.3 Å². The van der Waals surface area contributed by atoms with Gasteiger partial charge in [0.2, 0.25) is 7.44 Å². The van der Waals surface area contributed by atoms with E-state index >= 15 is 0 Å². The molecule has 2 atom stereocenters. The Morgan fingerprint density at radius 3 is 1.98 bits per heavy atom. The average molecular weight is 704 g/mol. The lowest BCUT2D eigenvalue weighted by atomic mass is 9.87. The van der Waals surface area contributed by atoms with Crippen LogP contribution in [0.1, 0.15) is 92.9 Å². The van der Waals surface area contributed by atoms with Crippen LogP contribution in [0.25, 0.3) is 11.2 Å². The number of carbonyl (C=O) groups is 2. The van der Waals surface area contributed by atoms with Crippen molar-refractivity contribution in [3.63, 3.8) is 0 Å². The van der Waals surface area contributed by atoms with E-state index in [2.05, 4.69) is 32.1 Å². The van der Waals surface area contributed by atoms with Crippen LogP contribution in [0, 0.1) is 11.8 Å². The molecule has 0 radical (unpaired) electrons. The molecule has 48 heavy (non-hydrogen) atoms. The van der Waals surface area contributed by atoms with E-state index in [4.69, 9.17) is 19.9 Å². The Morgan fingerprint density at radius 1 is 0.938 bits per heavy atom. The summed E-state index contributed by atoms with van der Waals surface area (Å²) in [6.07, 6.45) is -0.143. The fraction of sp³-hybridized carbons (Fsp3) is 0.774. The molecule has 0 amide bonds. The van der Waals surface area contributed by atoms with Crippen LogP contribution in [0.5, 0.6) is 0 Å². The van der Waals surface area contributed by atoms with Crippen molar-refractivity contribution in [2.75, 3.05) is 12.1 Å². The summed E-state index contributed by atoms with van der Waals surface area (Å²) in [5, 5.41) is 5.78. The Balaban J connectivity index is 1.46. The summed E-state index contributed by atoms with van der Waals surface area (Å²) < 4.78 is 73.3. The van der Waals surface area contributed by atoms with Gasteiger partial charge in [-0.3, -0.25) is 14.2 Å². The van der Waals surface area contributed by atoms with Crippen LogP contribution >= 0.6 is 7.44 Å². The second-order valence-electron chi connectivity index (χ2n) is 14.4. The maximum atomic E-state index is 14.7. The van der Waals surface area contributed by atoms with Crippen molar-refractivity contribution in [3.8, 4) is 0 Å². The molecule has 2 aromatic heterocycles. The third kappa shape index (κ3) is 9.88. The Hall–Kier alpha value is -2.81. The molecule has 17 heteroatoms. The second-order valence-corrected chi connectivity index (χ2v) is 16.5. The lowest BCUT2D eigenvalue weighted by Gasteiger charge is -2.37. The maximum absolute atomic E-state index is 14.7. The zero-order valence-electron chi connectivity index (χ0n) is 28.5. The number of fused-ring (bicyclic) bond motifs is 1. The summed E-state index contributed by atoms with van der Waals surface area (Å²) in [7, 11) is -3.96. The molecule has 0 aromatic carbocycles. The van der Waals surface area contributed by atoms with Gasteiger partial charge in [-0.15, -0.1) is 0 Å². The number of nitrogens with two attached hydrogens (primary N) is 1. The molecule has 13 nitrogen and oxygen atoms in total. The summed E-state index contributed by atoms with van der Waals surface area (Å²) in [5.41, 5.74) is 3.78. The van der Waals surface area contributed by atoms with Gasteiger partial charge < -0.3 is 24.5 Å². The number of halogens is 3. The molecular weight excluding hydrogens is 654 g/mol. The summed E-state index contributed by atoms with van der Waals surface area (Å²) >= 11 is 0. The maximum Gasteiger partial charge on any atom is 0.391 e. The minimum absolute atomic E-state index is 0.0703. The highest BCUT2D eigenvalue weighted by molar-refractivity contribution is 7.59. The predicted octanol–water partition coefficient (Wildman–Crippen LogP) is 5.49. The number of hydrogen-bond donors (Lipinski definition) is 3. The number of aromatic nitrogens is 4. The molecule has 2 fully saturated rings. The lowest BCUT2D eigenvalue weighted by molar-refractivity contribution is -0.189. The molecule has 2 aliphatic carbocycles. The summed E-state index contributed by atoms with van der Waals surface area (Å²) in [6.45, 7) is 10.2. The topological polar surface area (TPSA) is 173 Å². The molecule has 1 unspecified atom stereocenters. The number of alkyl halides is 3. The van der Waals surface area contributed by atoms with E-state index in [0.29, 0.717) is 17.1 Å². The highest BCUT2D eigenvalue weighted by atomic mass is 31.2. The Morgan fingerprint density at radius 2 is 1.46 bits per heavy atom. The van der Waals surface area contributed by atoms with Crippen LogP contribution in [-0.4, -0.2) is 73.4 Å². The smallest absolute Gasteiger partial charge is 0.391 e. The van der Waals surface area contributed by atoms with Gasteiger partial charge in [0.25, 0.3) is 0 Å². The monoisotopic (exact) mass is 703 g/mol. The highest BCUT2D eigenvalue weighted by Gasteiger charge is 2.46. The molecule has 270 valence electrons. The van der Waals surface area contributed by atoms with Crippen molar-refractivity contribution in [3.05, 3.63) is 12.7 Å². The zero-order chi connectivity index (χ0) is 35.5. The lowest BCUT2D eigenvalue weighted by Crippen LogP contribution is -2.54. The molecule has 2 aliphatic rings. The number of nitrogens with one attached hydrogen (secondary N) is 2. The largest absolute Gasteiger partial charge is 0.461 e. The van der Waals surface area contributed by atoms with Gasteiger partial charge in [0.05, 0.1) is 24.9 Å². The Kier molecular flexibility index (Phi) is 11.9. The fourth-order valence-electron chi connectivity index (χ4n) is 6.13. The van der Waals surface area contributed by atoms with Crippen molar-refractivity contribution in [1.29, 1.82) is 0 Å². The van der Waals surface area contributed by atoms with E-state index < -0.39 is 61.1 Å². The minimum Gasteiger partial charge on any atom is -0.461 e. The van der Waals surface area contributed by atoms with Gasteiger partial charge in [0.1, 0.15) is 41.5 Å². The van der Waals surface area contributed by atoms with Crippen molar-refractivity contribution < 1.29 is 41.5 Å². The number of hydrogen-bond acceptors (Lipinski definition) is 10. The van der Waals surface area contributed by atoms with E-state index in [0.717, 1.165) is 25.7 Å². The SMILES string of the molecule is CC1CCC(OC(=O)C(C)(C)NP(=O)(CO[C@H](C)Cn2cnc3c(N)ncnc32)NC(C)(C)C(=O)OC2CCC(C(F)(F)F)CC2)CC1. The first-order valence-electron chi connectivity index (χ1n) is 16.5. The van der Waals surface area contributed by atoms with Crippen molar-refractivity contribution in [2.24, 2.45) is 11.8 Å². The van der Waals surface area contributed by atoms with Gasteiger partial charge in [-0.05, 0) is 91.9 Å². The van der Waals surface area contributed by atoms with Gasteiger partial charge in [-0.1, -0.05) is 6.92 Å². The molecular formula is C31H49F3N7O6P. The first-order chi connectivity index (χ1) is 22.3. The Labute approximate surface area is 279 Å². The number of anilines is 1. The minimum atomic E-state index is -4.29. The number of esters is 2. The van der Waals surface area contributed by atoms with Gasteiger partial charge in [0, 0.05) is 0 Å². The first-order valence-corrected chi connectivity index (χ1v) is 18.4. The predicted molar refractivity (Wildman–Crippen MR) is 173 cm³/mol. The van der Waals surface area contributed by atoms with E-state index in [1.165, 1.54) is 26.5 Å². The molecule has 4 rings (SSSR count). The summed E-state index contributed by atoms with van der Waals surface area (Å²) in [6, 6.07) is 0. The number of nitrogen functional groups attached to an aromatic ring is 1. The molecule has 2 heterocycles. The normalized spacial score (nSPS) is 24.5. The molecule has 4 N–H and O–H groups in total. The third-order valence-corrected chi connectivity index (χ3v) is 11.4. The van der Waals surface area contributed by atoms with E-state index in [-0.39, 0.29) is 44.1 Å². The third-order valence-electron chi connectivity index (χ3n) is 9.01. The standard InChI is InChI=1S/C31H49F3N7O6P/c1-19-7-11-22(12-8-19)46-27(42)29(3,4)39-48(44,18-45-20(2)15-41-17-38-24-25(35)36-16-37-26(24)41)40-30(5,6)28(43)47-23-13-9-21(10-14-23)31(32,33)34/h16-17,19-23H,7-15,18H2,1-6H3,(H2,35,36,37)(H2,39,40,44)/t19?,20-,21?,22?,23?,48?/m1/s1. The van der Waals surface area contributed by atoms with Crippen LogP contribution in [0.4, 0.5) is 19.0 Å². The van der Waals surface area contributed by atoms with Crippen molar-refractivity contribution in [2.45, 2.75) is 135 Å². The fourth-order valence-corrected chi connectivity index (χ4v) is 8.77. The van der Waals surface area contributed by atoms with Crippen LogP contribution in [0.15, 0.2) is 12.7 Å². The number of rotatable bonds is 13. The van der Waals surface area contributed by atoms with E-state index in [1.807, 2.05) is 0 Å². The van der Waals surface area contributed by atoms with Crippen LogP contribution < -0.4 is 15.9 Å². The number of imidazole rings is 1. The Bertz CT molecular complexity index is 1470. The summed E-state index contributed by atoms with van der Waals surface area (Å²) in [4.78, 5) is 39.2. The number of nitrogens with zero attached hydrogens (tertiary/aromatic N) is 4. The zero-order valence-corrected chi connectivity index (χ0v) is 29.4. The van der Waals surface area contributed by atoms with Gasteiger partial charge in [-0.2, -0.15) is 13.2 Å². The van der Waals surface area contributed by atoms with E-state index in [9.17, 15) is 27.3 Å². The molecule has 0 bridgehead atoms. The molecule has 2 saturated carbocycles. The van der Waals surface area contributed by atoms with Crippen molar-refractivity contribution >= 4 is 36.4 Å². The van der Waals surface area contributed by atoms with Crippen LogP contribution in [0.2, 0.25) is 0 Å². The second kappa shape index (κ2) is 15.0. The highest BCUT2D eigenvalue weighted by Crippen LogP contribution is 2.43. The number of carbonyl (C=O) groups excluding carboxylic acids is 2.